The minimum Gasteiger partial charge on any atom is -0.472 e. The summed E-state index contributed by atoms with van der Waals surface area (Å²) in [5.74, 6) is 2.73. The Morgan fingerprint density at radius 2 is 1.86 bits per heavy atom. The Morgan fingerprint density at radius 3 is 2.43 bits per heavy atom. The number of rotatable bonds is 1. The molecule has 0 bridgehead atoms. The first-order valence-electron chi connectivity index (χ1n) is 5.61. The number of benzene rings is 1. The van der Waals surface area contributed by atoms with Crippen molar-refractivity contribution in [3.05, 3.63) is 47.9 Å². The first-order chi connectivity index (χ1) is 9.88. The van der Waals surface area contributed by atoms with E-state index >= 15 is 0 Å². The summed E-state index contributed by atoms with van der Waals surface area (Å²) < 4.78 is 38.7. The third-order valence-electron chi connectivity index (χ3n) is 2.46. The smallest absolute Gasteiger partial charge is 0.417 e. The zero-order valence-corrected chi connectivity index (χ0v) is 10.3. The first-order valence-corrected chi connectivity index (χ1v) is 5.61. The molecule has 0 aliphatic carbocycles. The predicted octanol–water partition coefficient (Wildman–Crippen LogP) is 2.60. The Kier molecular flexibility index (Phi) is 3.89. The van der Waals surface area contributed by atoms with Gasteiger partial charge in [-0.1, -0.05) is 18.2 Å². The van der Waals surface area contributed by atoms with Crippen molar-refractivity contribution in [1.82, 2.24) is 9.97 Å². The van der Waals surface area contributed by atoms with E-state index in [0.717, 1.165) is 18.5 Å². The molecule has 106 valence electrons. The SMILES string of the molecule is O=C(O)C#Cc1cnc(-c2ccccc2C(F)(F)F)cn1. The molecule has 0 amide bonds. The molecular formula is C14H7F3N2O2. The molecule has 1 N–H and O–H groups in total. The molecule has 2 rings (SSSR count). The van der Waals surface area contributed by atoms with E-state index < -0.39 is 17.7 Å². The summed E-state index contributed by atoms with van der Waals surface area (Å²) in [6, 6.07) is 4.99. The third-order valence-corrected chi connectivity index (χ3v) is 2.46. The van der Waals surface area contributed by atoms with Crippen molar-refractivity contribution in [2.45, 2.75) is 6.18 Å². The predicted molar refractivity (Wildman–Crippen MR) is 67.0 cm³/mol. The van der Waals surface area contributed by atoms with Crippen LogP contribution in [0.15, 0.2) is 36.7 Å². The van der Waals surface area contributed by atoms with Crippen molar-refractivity contribution < 1.29 is 23.1 Å². The Morgan fingerprint density at radius 1 is 1.14 bits per heavy atom. The Hall–Kier alpha value is -2.88. The minimum absolute atomic E-state index is 0.0313. The van der Waals surface area contributed by atoms with Crippen molar-refractivity contribution in [2.75, 3.05) is 0 Å². The highest BCUT2D eigenvalue weighted by Gasteiger charge is 2.33. The largest absolute Gasteiger partial charge is 0.472 e. The summed E-state index contributed by atoms with van der Waals surface area (Å²) in [4.78, 5) is 17.9. The van der Waals surface area contributed by atoms with Crippen LogP contribution in [0, 0.1) is 11.8 Å². The number of nitrogens with zero attached hydrogens (tertiary/aromatic N) is 2. The van der Waals surface area contributed by atoms with E-state index in [9.17, 15) is 18.0 Å². The van der Waals surface area contributed by atoms with E-state index in [-0.39, 0.29) is 17.0 Å². The maximum atomic E-state index is 12.9. The molecular weight excluding hydrogens is 285 g/mol. The number of aliphatic carboxylic acids is 1. The van der Waals surface area contributed by atoms with Gasteiger partial charge in [-0.15, -0.1) is 0 Å². The molecule has 0 aliphatic heterocycles. The number of halogens is 3. The summed E-state index contributed by atoms with van der Waals surface area (Å²) in [6.45, 7) is 0. The van der Waals surface area contributed by atoms with Crippen molar-refractivity contribution >= 4 is 5.97 Å². The van der Waals surface area contributed by atoms with Gasteiger partial charge in [-0.05, 0) is 12.0 Å². The van der Waals surface area contributed by atoms with Gasteiger partial charge >= 0.3 is 12.1 Å². The van der Waals surface area contributed by atoms with Crippen molar-refractivity contribution in [3.63, 3.8) is 0 Å². The lowest BCUT2D eigenvalue weighted by Crippen LogP contribution is -2.07. The van der Waals surface area contributed by atoms with Gasteiger partial charge in [0, 0.05) is 11.5 Å². The van der Waals surface area contributed by atoms with Gasteiger partial charge in [0.2, 0.25) is 0 Å². The van der Waals surface area contributed by atoms with E-state index in [0.29, 0.717) is 0 Å². The highest BCUT2D eigenvalue weighted by Crippen LogP contribution is 2.35. The van der Waals surface area contributed by atoms with Crippen LogP contribution < -0.4 is 0 Å². The van der Waals surface area contributed by atoms with Gasteiger partial charge in [0.25, 0.3) is 0 Å². The maximum absolute atomic E-state index is 12.9. The topological polar surface area (TPSA) is 63.1 Å². The van der Waals surface area contributed by atoms with E-state index in [1.807, 2.05) is 5.92 Å². The molecule has 1 aromatic carbocycles. The van der Waals surface area contributed by atoms with Crippen molar-refractivity contribution in [3.8, 4) is 23.1 Å². The highest BCUT2D eigenvalue weighted by atomic mass is 19.4. The molecule has 0 spiro atoms. The molecule has 0 radical (unpaired) electrons. The minimum atomic E-state index is -4.50. The van der Waals surface area contributed by atoms with Crippen LogP contribution in [0.1, 0.15) is 11.3 Å². The third kappa shape index (κ3) is 3.57. The molecule has 0 aliphatic rings. The standard InChI is InChI=1S/C14H7F3N2O2/c15-14(16,17)11-4-2-1-3-10(11)12-8-18-9(7-19-12)5-6-13(20)21/h1-4,7-8H,(H,20,21). The molecule has 1 heterocycles. The zero-order chi connectivity index (χ0) is 15.5. The molecule has 4 nitrogen and oxygen atoms in total. The highest BCUT2D eigenvalue weighted by molar-refractivity contribution is 5.87. The second-order valence-electron chi connectivity index (χ2n) is 3.89. The van der Waals surface area contributed by atoms with E-state index in [1.165, 1.54) is 18.2 Å². The molecule has 0 saturated heterocycles. The lowest BCUT2D eigenvalue weighted by Gasteiger charge is -2.11. The molecule has 21 heavy (non-hydrogen) atoms. The van der Waals surface area contributed by atoms with Crippen LogP contribution >= 0.6 is 0 Å². The lowest BCUT2D eigenvalue weighted by molar-refractivity contribution is -0.137. The van der Waals surface area contributed by atoms with Crippen LogP contribution in [-0.2, 0) is 11.0 Å². The van der Waals surface area contributed by atoms with Crippen LogP contribution in [0.3, 0.4) is 0 Å². The molecule has 0 atom stereocenters. The van der Waals surface area contributed by atoms with Crippen molar-refractivity contribution in [1.29, 1.82) is 0 Å². The van der Waals surface area contributed by atoms with E-state index in [2.05, 4.69) is 15.9 Å². The average molecular weight is 292 g/mol. The monoisotopic (exact) mass is 292 g/mol. The summed E-state index contributed by atoms with van der Waals surface area (Å²) in [5, 5.41) is 8.39. The number of hydrogen-bond acceptors (Lipinski definition) is 3. The summed E-state index contributed by atoms with van der Waals surface area (Å²) in [6.07, 6.45) is -2.26. The van der Waals surface area contributed by atoms with Gasteiger partial charge in [-0.3, -0.25) is 4.98 Å². The zero-order valence-electron chi connectivity index (χ0n) is 10.3. The van der Waals surface area contributed by atoms with Gasteiger partial charge in [-0.2, -0.15) is 13.2 Å². The lowest BCUT2D eigenvalue weighted by atomic mass is 10.0. The molecule has 0 saturated carbocycles. The Balaban J connectivity index is 2.41. The number of carboxylic acids is 1. The number of carbonyl (C=O) groups is 1. The average Bonchev–Trinajstić information content (AvgIpc) is 2.45. The van der Waals surface area contributed by atoms with Crippen LogP contribution in [0.5, 0.6) is 0 Å². The van der Waals surface area contributed by atoms with E-state index in [4.69, 9.17) is 5.11 Å². The van der Waals surface area contributed by atoms with Crippen LogP contribution in [0.25, 0.3) is 11.3 Å². The Bertz CT molecular complexity index is 728. The normalized spacial score (nSPS) is 10.6. The van der Waals surface area contributed by atoms with Gasteiger partial charge in [0.15, 0.2) is 0 Å². The molecule has 0 unspecified atom stereocenters. The quantitative estimate of drug-likeness (QED) is 0.821. The molecule has 0 fully saturated rings. The number of aromatic nitrogens is 2. The second kappa shape index (κ2) is 5.63. The number of carboxylic acid groups (broad SMARTS) is 1. The second-order valence-corrected chi connectivity index (χ2v) is 3.89. The molecule has 2 aromatic rings. The van der Waals surface area contributed by atoms with Gasteiger partial charge in [0.1, 0.15) is 5.69 Å². The fraction of sp³-hybridized carbons (Fsp3) is 0.0714. The Labute approximate surface area is 117 Å². The van der Waals surface area contributed by atoms with Crippen LogP contribution in [0.2, 0.25) is 0 Å². The summed E-state index contributed by atoms with van der Waals surface area (Å²) in [5.41, 5.74) is -0.826. The fourth-order valence-corrected chi connectivity index (χ4v) is 1.60. The van der Waals surface area contributed by atoms with Crippen LogP contribution in [-0.4, -0.2) is 21.0 Å². The van der Waals surface area contributed by atoms with Crippen LogP contribution in [0.4, 0.5) is 13.2 Å². The fourth-order valence-electron chi connectivity index (χ4n) is 1.60. The summed E-state index contributed by atoms with van der Waals surface area (Å²) >= 11 is 0. The molecule has 7 heteroatoms. The van der Waals surface area contributed by atoms with Gasteiger partial charge in [-0.25, -0.2) is 9.78 Å². The summed E-state index contributed by atoms with van der Waals surface area (Å²) in [7, 11) is 0. The number of alkyl halides is 3. The van der Waals surface area contributed by atoms with Crippen molar-refractivity contribution in [2.24, 2.45) is 0 Å². The number of hydrogen-bond donors (Lipinski definition) is 1. The molecule has 1 aromatic heterocycles. The first kappa shape index (κ1) is 14.5. The van der Waals surface area contributed by atoms with Gasteiger partial charge in [0.05, 0.1) is 23.7 Å². The van der Waals surface area contributed by atoms with E-state index in [1.54, 1.807) is 0 Å². The van der Waals surface area contributed by atoms with Gasteiger partial charge < -0.3 is 5.11 Å². The maximum Gasteiger partial charge on any atom is 0.417 e.